The molecule has 1 aromatic heterocycles. The molecule has 1 fully saturated rings. The molecule has 3 aromatic rings. The zero-order valence-corrected chi connectivity index (χ0v) is 13.0. The third-order valence-electron chi connectivity index (χ3n) is 4.65. The molecule has 0 aliphatic carbocycles. The van der Waals surface area contributed by atoms with Crippen molar-refractivity contribution in [3.8, 4) is 0 Å². The summed E-state index contributed by atoms with van der Waals surface area (Å²) in [5.74, 6) is 1.34. The molecule has 1 aliphatic rings. The maximum Gasteiger partial charge on any atom is 0.127 e. The number of hydrogen-bond acceptors (Lipinski definition) is 2. The summed E-state index contributed by atoms with van der Waals surface area (Å²) >= 11 is 0. The van der Waals surface area contributed by atoms with Crippen LogP contribution < -0.4 is 0 Å². The van der Waals surface area contributed by atoms with E-state index in [0.29, 0.717) is 12.5 Å². The van der Waals surface area contributed by atoms with E-state index in [4.69, 9.17) is 4.98 Å². The van der Waals surface area contributed by atoms with Crippen molar-refractivity contribution < 1.29 is 4.39 Å². The Morgan fingerprint density at radius 1 is 1.13 bits per heavy atom. The van der Waals surface area contributed by atoms with E-state index in [2.05, 4.69) is 16.0 Å². The summed E-state index contributed by atoms with van der Waals surface area (Å²) in [6.45, 7) is 2.61. The zero-order valence-electron chi connectivity index (χ0n) is 13.0. The molecule has 0 saturated carbocycles. The molecule has 0 radical (unpaired) electrons. The molecule has 2 heterocycles. The second kappa shape index (κ2) is 6.13. The van der Waals surface area contributed by atoms with Gasteiger partial charge in [0.05, 0.1) is 11.0 Å². The maximum absolute atomic E-state index is 13.9. The van der Waals surface area contributed by atoms with Gasteiger partial charge in [-0.1, -0.05) is 30.3 Å². The van der Waals surface area contributed by atoms with E-state index in [1.54, 1.807) is 6.07 Å². The number of piperidine rings is 1. The van der Waals surface area contributed by atoms with Crippen LogP contribution in [0, 0.1) is 5.82 Å². The standard InChI is InChI=1S/C19H20FN3/c20-16-8-2-1-6-14(16)12-23-11-5-7-15(13-23)19-21-17-9-3-4-10-18(17)22-19/h1-4,6,8-10,15H,5,7,11-13H2,(H,21,22). The third kappa shape index (κ3) is 2.99. The minimum atomic E-state index is -0.113. The molecule has 1 saturated heterocycles. The molecule has 118 valence electrons. The van der Waals surface area contributed by atoms with Gasteiger partial charge in [0.2, 0.25) is 0 Å². The normalized spacial score (nSPS) is 19.3. The number of hydrogen-bond donors (Lipinski definition) is 1. The topological polar surface area (TPSA) is 31.9 Å². The maximum atomic E-state index is 13.9. The van der Waals surface area contributed by atoms with Crippen LogP contribution in [0.1, 0.15) is 30.1 Å². The van der Waals surface area contributed by atoms with Gasteiger partial charge in [-0.3, -0.25) is 4.90 Å². The Morgan fingerprint density at radius 2 is 1.96 bits per heavy atom. The molecule has 4 heteroatoms. The van der Waals surface area contributed by atoms with Crippen molar-refractivity contribution in [2.24, 2.45) is 0 Å². The van der Waals surface area contributed by atoms with Gasteiger partial charge in [-0.25, -0.2) is 9.37 Å². The lowest BCUT2D eigenvalue weighted by Crippen LogP contribution is -2.34. The number of aromatic amines is 1. The highest BCUT2D eigenvalue weighted by Gasteiger charge is 2.24. The summed E-state index contributed by atoms with van der Waals surface area (Å²) < 4.78 is 13.9. The number of benzene rings is 2. The Balaban J connectivity index is 1.51. The highest BCUT2D eigenvalue weighted by Crippen LogP contribution is 2.27. The average molecular weight is 309 g/mol. The van der Waals surface area contributed by atoms with Crippen LogP contribution in [-0.4, -0.2) is 28.0 Å². The number of aromatic nitrogens is 2. The summed E-state index contributed by atoms with van der Waals surface area (Å²) in [6.07, 6.45) is 2.25. The summed E-state index contributed by atoms with van der Waals surface area (Å²) in [5, 5.41) is 0. The summed E-state index contributed by atoms with van der Waals surface area (Å²) in [7, 11) is 0. The number of para-hydroxylation sites is 2. The first kappa shape index (κ1) is 14.4. The van der Waals surface area contributed by atoms with E-state index in [-0.39, 0.29) is 5.82 Å². The van der Waals surface area contributed by atoms with Gasteiger partial charge in [0.1, 0.15) is 11.6 Å². The van der Waals surface area contributed by atoms with Crippen molar-refractivity contribution in [3.05, 3.63) is 65.7 Å². The number of H-pyrrole nitrogens is 1. The molecular formula is C19H20FN3. The van der Waals surface area contributed by atoms with Crippen molar-refractivity contribution in [3.63, 3.8) is 0 Å². The van der Waals surface area contributed by atoms with Gasteiger partial charge in [0.25, 0.3) is 0 Å². The highest BCUT2D eigenvalue weighted by atomic mass is 19.1. The summed E-state index contributed by atoms with van der Waals surface area (Å²) in [5.41, 5.74) is 2.89. The lowest BCUT2D eigenvalue weighted by Gasteiger charge is -2.31. The Morgan fingerprint density at radius 3 is 2.83 bits per heavy atom. The van der Waals surface area contributed by atoms with Crippen molar-refractivity contribution >= 4 is 11.0 Å². The van der Waals surface area contributed by atoms with Crippen LogP contribution >= 0.6 is 0 Å². The van der Waals surface area contributed by atoms with E-state index < -0.39 is 0 Å². The first-order valence-electron chi connectivity index (χ1n) is 8.20. The Labute approximate surface area is 135 Å². The third-order valence-corrected chi connectivity index (χ3v) is 4.65. The minimum Gasteiger partial charge on any atom is -0.342 e. The quantitative estimate of drug-likeness (QED) is 0.790. The molecule has 1 unspecified atom stereocenters. The van der Waals surface area contributed by atoms with Crippen LogP contribution in [0.4, 0.5) is 4.39 Å². The van der Waals surface area contributed by atoms with Crippen LogP contribution in [0.15, 0.2) is 48.5 Å². The molecule has 1 aliphatic heterocycles. The van der Waals surface area contributed by atoms with Gasteiger partial charge < -0.3 is 4.98 Å². The van der Waals surface area contributed by atoms with Crippen molar-refractivity contribution in [2.45, 2.75) is 25.3 Å². The summed E-state index contributed by atoms with van der Waals surface area (Å²) in [6, 6.07) is 15.2. The summed E-state index contributed by atoms with van der Waals surface area (Å²) in [4.78, 5) is 10.5. The number of rotatable bonds is 3. The average Bonchev–Trinajstić information content (AvgIpc) is 3.01. The van der Waals surface area contributed by atoms with Crippen LogP contribution in [0.2, 0.25) is 0 Å². The first-order chi connectivity index (χ1) is 11.3. The molecule has 23 heavy (non-hydrogen) atoms. The molecule has 4 rings (SSSR count). The fourth-order valence-electron chi connectivity index (χ4n) is 3.46. The van der Waals surface area contributed by atoms with E-state index in [0.717, 1.165) is 48.4 Å². The number of halogens is 1. The largest absolute Gasteiger partial charge is 0.342 e. The predicted octanol–water partition coefficient (Wildman–Crippen LogP) is 4.08. The van der Waals surface area contributed by atoms with Crippen molar-refractivity contribution in [1.82, 2.24) is 14.9 Å². The highest BCUT2D eigenvalue weighted by molar-refractivity contribution is 5.74. The van der Waals surface area contributed by atoms with Gasteiger partial charge in [-0.15, -0.1) is 0 Å². The number of imidazole rings is 1. The smallest absolute Gasteiger partial charge is 0.127 e. The predicted molar refractivity (Wildman–Crippen MR) is 89.7 cm³/mol. The molecular weight excluding hydrogens is 289 g/mol. The lowest BCUT2D eigenvalue weighted by atomic mass is 9.97. The van der Waals surface area contributed by atoms with Crippen LogP contribution in [0.3, 0.4) is 0 Å². The SMILES string of the molecule is Fc1ccccc1CN1CCCC(c2nc3ccccc3[nH]2)C1. The number of nitrogens with one attached hydrogen (secondary N) is 1. The van der Waals surface area contributed by atoms with Crippen molar-refractivity contribution in [1.29, 1.82) is 0 Å². The lowest BCUT2D eigenvalue weighted by molar-refractivity contribution is 0.195. The van der Waals surface area contributed by atoms with Gasteiger partial charge in [0.15, 0.2) is 0 Å². The fraction of sp³-hybridized carbons (Fsp3) is 0.316. The van der Waals surface area contributed by atoms with E-state index in [1.165, 1.54) is 6.07 Å². The zero-order chi connectivity index (χ0) is 15.6. The Kier molecular flexibility index (Phi) is 3.83. The molecule has 0 amide bonds. The van der Waals surface area contributed by atoms with Gasteiger partial charge in [0, 0.05) is 24.6 Å². The van der Waals surface area contributed by atoms with Crippen LogP contribution in [0.5, 0.6) is 0 Å². The molecule has 1 atom stereocenters. The number of likely N-dealkylation sites (tertiary alicyclic amines) is 1. The Bertz CT molecular complexity index is 778. The number of nitrogens with zero attached hydrogens (tertiary/aromatic N) is 2. The molecule has 1 N–H and O–H groups in total. The molecule has 3 nitrogen and oxygen atoms in total. The second-order valence-electron chi connectivity index (χ2n) is 6.30. The number of fused-ring (bicyclic) bond motifs is 1. The fourth-order valence-corrected chi connectivity index (χ4v) is 3.46. The molecule has 2 aromatic carbocycles. The van der Waals surface area contributed by atoms with Crippen LogP contribution in [-0.2, 0) is 6.54 Å². The second-order valence-corrected chi connectivity index (χ2v) is 6.30. The van der Waals surface area contributed by atoms with E-state index >= 15 is 0 Å². The van der Waals surface area contributed by atoms with E-state index in [1.807, 2.05) is 30.3 Å². The first-order valence-corrected chi connectivity index (χ1v) is 8.20. The van der Waals surface area contributed by atoms with Gasteiger partial charge in [-0.05, 0) is 37.6 Å². The molecule has 0 spiro atoms. The van der Waals surface area contributed by atoms with Crippen molar-refractivity contribution in [2.75, 3.05) is 13.1 Å². The minimum absolute atomic E-state index is 0.113. The van der Waals surface area contributed by atoms with E-state index in [9.17, 15) is 4.39 Å². The monoisotopic (exact) mass is 309 g/mol. The van der Waals surface area contributed by atoms with Crippen LogP contribution in [0.25, 0.3) is 11.0 Å². The van der Waals surface area contributed by atoms with Gasteiger partial charge >= 0.3 is 0 Å². The molecule has 0 bridgehead atoms. The Hall–Kier alpha value is -2.20. The van der Waals surface area contributed by atoms with Gasteiger partial charge in [-0.2, -0.15) is 0 Å².